The van der Waals surface area contributed by atoms with Crippen molar-refractivity contribution in [2.75, 3.05) is 14.1 Å². The summed E-state index contributed by atoms with van der Waals surface area (Å²) in [6, 6.07) is 33.3. The summed E-state index contributed by atoms with van der Waals surface area (Å²) in [5.74, 6) is 1.16. The molecule has 0 amide bonds. The SMILES string of the molecule is CN(C)[C@@H]1[C@@H](c2ccccc2)[C@H](c2ccccc2)C=C[C@@H]1c1ccccc1. The van der Waals surface area contributed by atoms with E-state index in [1.807, 2.05) is 0 Å². The molecular weight excluding hydrogens is 326 g/mol. The van der Waals surface area contributed by atoms with Gasteiger partial charge >= 0.3 is 0 Å². The Morgan fingerprint density at radius 2 is 0.926 bits per heavy atom. The Balaban J connectivity index is 1.85. The van der Waals surface area contributed by atoms with Crippen LogP contribution in [0.4, 0.5) is 0 Å². The van der Waals surface area contributed by atoms with Crippen LogP contribution < -0.4 is 0 Å². The minimum absolute atomic E-state index is 0.376. The fourth-order valence-corrected chi connectivity index (χ4v) is 4.61. The average Bonchev–Trinajstić information content (AvgIpc) is 2.74. The largest absolute Gasteiger partial charge is 0.305 e. The lowest BCUT2D eigenvalue weighted by Crippen LogP contribution is -2.42. The van der Waals surface area contributed by atoms with E-state index in [0.29, 0.717) is 23.8 Å². The van der Waals surface area contributed by atoms with Gasteiger partial charge < -0.3 is 4.90 Å². The summed E-state index contributed by atoms with van der Waals surface area (Å²) in [6.07, 6.45) is 4.86. The number of hydrogen-bond donors (Lipinski definition) is 0. The lowest BCUT2D eigenvalue weighted by atomic mass is 9.67. The summed E-state index contributed by atoms with van der Waals surface area (Å²) in [4.78, 5) is 2.41. The monoisotopic (exact) mass is 353 g/mol. The van der Waals surface area contributed by atoms with Gasteiger partial charge in [0.2, 0.25) is 0 Å². The quantitative estimate of drug-likeness (QED) is 0.533. The minimum atomic E-state index is 0.376. The van der Waals surface area contributed by atoms with Gasteiger partial charge in [-0.1, -0.05) is 103 Å². The van der Waals surface area contributed by atoms with Crippen LogP contribution >= 0.6 is 0 Å². The maximum absolute atomic E-state index is 2.44. The van der Waals surface area contributed by atoms with Crippen LogP contribution in [0.25, 0.3) is 0 Å². The van der Waals surface area contributed by atoms with Crippen LogP contribution in [0.3, 0.4) is 0 Å². The zero-order valence-corrected chi connectivity index (χ0v) is 16.1. The van der Waals surface area contributed by atoms with Gasteiger partial charge in [-0.3, -0.25) is 0 Å². The Labute approximate surface area is 163 Å². The molecule has 1 heteroatoms. The van der Waals surface area contributed by atoms with E-state index in [1.165, 1.54) is 16.7 Å². The molecule has 3 aromatic rings. The first-order chi connectivity index (χ1) is 13.3. The predicted octanol–water partition coefficient (Wildman–Crippen LogP) is 5.84. The van der Waals surface area contributed by atoms with Crippen LogP contribution in [0.1, 0.15) is 34.4 Å². The van der Waals surface area contributed by atoms with E-state index in [9.17, 15) is 0 Å². The van der Waals surface area contributed by atoms with Crippen molar-refractivity contribution in [2.45, 2.75) is 23.8 Å². The first-order valence-electron chi connectivity index (χ1n) is 9.75. The van der Waals surface area contributed by atoms with Gasteiger partial charge in [0.1, 0.15) is 0 Å². The maximum atomic E-state index is 2.44. The van der Waals surface area contributed by atoms with E-state index in [2.05, 4.69) is 122 Å². The Morgan fingerprint density at radius 1 is 0.519 bits per heavy atom. The Kier molecular flexibility index (Phi) is 5.22. The molecule has 0 aliphatic heterocycles. The first kappa shape index (κ1) is 17.8. The lowest BCUT2D eigenvalue weighted by Gasteiger charge is -2.44. The van der Waals surface area contributed by atoms with E-state index < -0.39 is 0 Å². The third-order valence-corrected chi connectivity index (χ3v) is 5.80. The normalized spacial score (nSPS) is 24.9. The molecule has 0 spiro atoms. The smallest absolute Gasteiger partial charge is 0.0270 e. The zero-order chi connectivity index (χ0) is 18.6. The highest BCUT2D eigenvalue weighted by Crippen LogP contribution is 2.47. The molecule has 0 bridgehead atoms. The van der Waals surface area contributed by atoms with Crippen LogP contribution in [-0.4, -0.2) is 25.0 Å². The van der Waals surface area contributed by atoms with Gasteiger partial charge in [-0.25, -0.2) is 0 Å². The van der Waals surface area contributed by atoms with Gasteiger partial charge in [-0.05, 0) is 30.8 Å². The third kappa shape index (κ3) is 3.61. The van der Waals surface area contributed by atoms with Crippen molar-refractivity contribution < 1.29 is 0 Å². The summed E-state index contributed by atoms with van der Waals surface area (Å²) in [6.45, 7) is 0. The Hall–Kier alpha value is -2.64. The molecule has 0 fully saturated rings. The van der Waals surface area contributed by atoms with Crippen LogP contribution in [0.5, 0.6) is 0 Å². The van der Waals surface area contributed by atoms with Crippen LogP contribution in [0.15, 0.2) is 103 Å². The molecule has 1 nitrogen and oxygen atoms in total. The van der Waals surface area contributed by atoms with Crippen LogP contribution in [-0.2, 0) is 0 Å². The van der Waals surface area contributed by atoms with Crippen LogP contribution in [0.2, 0.25) is 0 Å². The summed E-state index contributed by atoms with van der Waals surface area (Å²) in [5.41, 5.74) is 4.19. The standard InChI is InChI=1S/C26H27N/c1-27(2)26-24(21-14-8-4-9-15-21)19-18-23(20-12-6-3-7-13-20)25(26)22-16-10-5-11-17-22/h3-19,23-26H,1-2H3/t23-,24+,25-,26-/m0/s1. The molecule has 0 N–H and O–H groups in total. The van der Waals surface area contributed by atoms with Crippen molar-refractivity contribution in [3.8, 4) is 0 Å². The zero-order valence-electron chi connectivity index (χ0n) is 16.1. The van der Waals surface area contributed by atoms with Gasteiger partial charge in [0.25, 0.3) is 0 Å². The number of hydrogen-bond acceptors (Lipinski definition) is 1. The topological polar surface area (TPSA) is 3.24 Å². The van der Waals surface area contributed by atoms with E-state index in [4.69, 9.17) is 0 Å². The molecule has 136 valence electrons. The molecule has 0 saturated carbocycles. The van der Waals surface area contributed by atoms with Crippen molar-refractivity contribution in [3.63, 3.8) is 0 Å². The first-order valence-corrected chi connectivity index (χ1v) is 9.75. The highest BCUT2D eigenvalue weighted by atomic mass is 15.1. The van der Waals surface area contributed by atoms with Gasteiger partial charge in [-0.2, -0.15) is 0 Å². The molecule has 0 heterocycles. The second kappa shape index (κ2) is 7.94. The molecule has 1 aliphatic rings. The Bertz CT molecular complexity index is 868. The summed E-state index contributed by atoms with van der Waals surface area (Å²) < 4.78 is 0. The van der Waals surface area contributed by atoms with Gasteiger partial charge in [0, 0.05) is 23.8 Å². The molecule has 4 rings (SSSR count). The van der Waals surface area contributed by atoms with Gasteiger partial charge in [-0.15, -0.1) is 0 Å². The second-order valence-electron chi connectivity index (χ2n) is 7.65. The van der Waals surface area contributed by atoms with E-state index in [-0.39, 0.29) is 0 Å². The fourth-order valence-electron chi connectivity index (χ4n) is 4.61. The fraction of sp³-hybridized carbons (Fsp3) is 0.231. The third-order valence-electron chi connectivity index (χ3n) is 5.80. The van der Waals surface area contributed by atoms with Gasteiger partial charge in [0.05, 0.1) is 0 Å². The number of nitrogens with zero attached hydrogens (tertiary/aromatic N) is 1. The number of allylic oxidation sites excluding steroid dienone is 1. The molecule has 0 aromatic heterocycles. The molecule has 0 saturated heterocycles. The summed E-state index contributed by atoms with van der Waals surface area (Å²) in [5, 5.41) is 0. The average molecular weight is 354 g/mol. The summed E-state index contributed by atoms with van der Waals surface area (Å²) >= 11 is 0. The molecular formula is C26H27N. The second-order valence-corrected chi connectivity index (χ2v) is 7.65. The van der Waals surface area contributed by atoms with E-state index in [0.717, 1.165) is 0 Å². The van der Waals surface area contributed by atoms with Crippen molar-refractivity contribution in [1.82, 2.24) is 4.90 Å². The van der Waals surface area contributed by atoms with Crippen molar-refractivity contribution in [1.29, 1.82) is 0 Å². The lowest BCUT2D eigenvalue weighted by molar-refractivity contribution is 0.215. The molecule has 4 atom stereocenters. The highest BCUT2D eigenvalue weighted by molar-refractivity contribution is 5.40. The number of benzene rings is 3. The molecule has 0 radical (unpaired) electrons. The van der Waals surface area contributed by atoms with Crippen LogP contribution in [0, 0.1) is 0 Å². The van der Waals surface area contributed by atoms with Crippen molar-refractivity contribution in [2.24, 2.45) is 0 Å². The number of rotatable bonds is 4. The molecule has 1 aliphatic carbocycles. The van der Waals surface area contributed by atoms with Crippen molar-refractivity contribution in [3.05, 3.63) is 120 Å². The van der Waals surface area contributed by atoms with E-state index in [1.54, 1.807) is 0 Å². The van der Waals surface area contributed by atoms with E-state index >= 15 is 0 Å². The molecule has 27 heavy (non-hydrogen) atoms. The predicted molar refractivity (Wildman–Crippen MR) is 114 cm³/mol. The Morgan fingerprint density at radius 3 is 1.41 bits per heavy atom. The molecule has 0 unspecified atom stereocenters. The molecule has 3 aromatic carbocycles. The highest BCUT2D eigenvalue weighted by Gasteiger charge is 2.39. The maximum Gasteiger partial charge on any atom is 0.0270 e. The number of likely N-dealkylation sites (N-methyl/N-ethyl adjacent to an activating group) is 1. The van der Waals surface area contributed by atoms with Gasteiger partial charge in [0.15, 0.2) is 0 Å². The van der Waals surface area contributed by atoms with Crippen molar-refractivity contribution >= 4 is 0 Å². The summed E-state index contributed by atoms with van der Waals surface area (Å²) in [7, 11) is 4.44. The minimum Gasteiger partial charge on any atom is -0.305 e.